The molecule has 0 saturated carbocycles. The van der Waals surface area contributed by atoms with Crippen molar-refractivity contribution >= 4 is 21.7 Å². The normalized spacial score (nSPS) is 11.2. The van der Waals surface area contributed by atoms with E-state index in [4.69, 9.17) is 4.74 Å². The highest BCUT2D eigenvalue weighted by molar-refractivity contribution is 7.92. The molecule has 0 aliphatic carbocycles. The molecule has 0 aliphatic rings. The van der Waals surface area contributed by atoms with Gasteiger partial charge >= 0.3 is 5.97 Å². The summed E-state index contributed by atoms with van der Waals surface area (Å²) in [5, 5.41) is 5.51. The van der Waals surface area contributed by atoms with Gasteiger partial charge in [0.25, 0.3) is 10.0 Å². The minimum absolute atomic E-state index is 0.104. The van der Waals surface area contributed by atoms with E-state index >= 15 is 0 Å². The van der Waals surface area contributed by atoms with Gasteiger partial charge < -0.3 is 4.74 Å². The van der Waals surface area contributed by atoms with Crippen LogP contribution in [0.25, 0.3) is 0 Å². The summed E-state index contributed by atoms with van der Waals surface area (Å²) in [6, 6.07) is 4.79. The molecule has 0 spiro atoms. The number of aryl methyl sites for hydroxylation is 1. The van der Waals surface area contributed by atoms with Gasteiger partial charge in [0.2, 0.25) is 0 Å². The van der Waals surface area contributed by atoms with Crippen LogP contribution in [-0.2, 0) is 14.8 Å². The number of esters is 1. The van der Waals surface area contributed by atoms with Crippen LogP contribution in [0.2, 0.25) is 0 Å². The van der Waals surface area contributed by atoms with E-state index in [1.807, 2.05) is 0 Å². The SMILES string of the molecule is CCOC(=O)c1cc(S(=O)(=O)Nc2cc(F)ccc2C)[nH]n1. The van der Waals surface area contributed by atoms with Gasteiger partial charge in [0.05, 0.1) is 12.3 Å². The second-order valence-corrected chi connectivity index (χ2v) is 6.05. The molecule has 7 nitrogen and oxygen atoms in total. The Balaban J connectivity index is 2.27. The van der Waals surface area contributed by atoms with Gasteiger partial charge in [-0.05, 0) is 31.5 Å². The minimum atomic E-state index is -4.02. The van der Waals surface area contributed by atoms with E-state index in [9.17, 15) is 17.6 Å². The first kappa shape index (κ1) is 16.0. The first-order chi connectivity index (χ1) is 10.3. The lowest BCUT2D eigenvalue weighted by atomic mass is 10.2. The average molecular weight is 327 g/mol. The Morgan fingerprint density at radius 2 is 2.14 bits per heavy atom. The first-order valence-electron chi connectivity index (χ1n) is 6.35. The average Bonchev–Trinajstić information content (AvgIpc) is 2.93. The van der Waals surface area contributed by atoms with Crippen molar-refractivity contribution in [2.45, 2.75) is 18.9 Å². The summed E-state index contributed by atoms with van der Waals surface area (Å²) in [6.45, 7) is 3.40. The molecule has 1 aromatic carbocycles. The summed E-state index contributed by atoms with van der Waals surface area (Å²) in [5.74, 6) is -1.30. The molecule has 0 saturated heterocycles. The number of benzene rings is 1. The Morgan fingerprint density at radius 3 is 2.82 bits per heavy atom. The number of anilines is 1. The maximum absolute atomic E-state index is 13.2. The van der Waals surface area contributed by atoms with Crippen LogP contribution in [0.1, 0.15) is 23.0 Å². The predicted octanol–water partition coefficient (Wildman–Crippen LogP) is 1.83. The fraction of sp³-hybridized carbons (Fsp3) is 0.231. The largest absolute Gasteiger partial charge is 0.461 e. The van der Waals surface area contributed by atoms with Gasteiger partial charge in [-0.15, -0.1) is 0 Å². The smallest absolute Gasteiger partial charge is 0.358 e. The van der Waals surface area contributed by atoms with Crippen LogP contribution in [0.4, 0.5) is 10.1 Å². The van der Waals surface area contributed by atoms with E-state index in [0.717, 1.165) is 12.1 Å². The number of nitrogens with one attached hydrogen (secondary N) is 2. The number of aromatic amines is 1. The highest BCUT2D eigenvalue weighted by Crippen LogP contribution is 2.20. The second kappa shape index (κ2) is 6.14. The monoisotopic (exact) mass is 327 g/mol. The maximum Gasteiger partial charge on any atom is 0.358 e. The zero-order valence-corrected chi connectivity index (χ0v) is 12.7. The number of aromatic nitrogens is 2. The lowest BCUT2D eigenvalue weighted by Crippen LogP contribution is -2.14. The number of H-pyrrole nitrogens is 1. The summed E-state index contributed by atoms with van der Waals surface area (Å²) >= 11 is 0. The number of sulfonamides is 1. The molecule has 0 fully saturated rings. The number of carbonyl (C=O) groups excluding carboxylic acids is 1. The minimum Gasteiger partial charge on any atom is -0.461 e. The number of hydrogen-bond acceptors (Lipinski definition) is 5. The lowest BCUT2D eigenvalue weighted by molar-refractivity contribution is 0.0519. The van der Waals surface area contributed by atoms with Crippen molar-refractivity contribution in [2.24, 2.45) is 0 Å². The topological polar surface area (TPSA) is 101 Å². The predicted molar refractivity (Wildman–Crippen MR) is 76.5 cm³/mol. The van der Waals surface area contributed by atoms with Crippen LogP contribution < -0.4 is 4.72 Å². The second-order valence-electron chi connectivity index (χ2n) is 4.40. The van der Waals surface area contributed by atoms with Crippen LogP contribution in [0.15, 0.2) is 29.3 Å². The van der Waals surface area contributed by atoms with Gasteiger partial charge in [-0.2, -0.15) is 13.5 Å². The fourth-order valence-electron chi connectivity index (χ4n) is 1.66. The standard InChI is InChI=1S/C13H14FN3O4S/c1-3-21-13(18)11-7-12(16-15-11)22(19,20)17-10-6-9(14)5-4-8(10)2/h4-7,17H,3H2,1-2H3,(H,15,16). The fourth-order valence-corrected chi connectivity index (χ4v) is 2.71. The van der Waals surface area contributed by atoms with E-state index in [2.05, 4.69) is 14.9 Å². The van der Waals surface area contributed by atoms with E-state index in [-0.39, 0.29) is 23.0 Å². The summed E-state index contributed by atoms with van der Waals surface area (Å²) in [7, 11) is -4.02. The molecule has 0 amide bonds. The van der Waals surface area contributed by atoms with Gasteiger partial charge in [0, 0.05) is 6.07 Å². The molecular weight excluding hydrogens is 313 g/mol. The lowest BCUT2D eigenvalue weighted by Gasteiger charge is -2.08. The number of halogens is 1. The molecule has 0 atom stereocenters. The quantitative estimate of drug-likeness (QED) is 0.816. The summed E-state index contributed by atoms with van der Waals surface area (Å²) < 4.78 is 44.6. The van der Waals surface area contributed by atoms with Crippen LogP contribution in [0, 0.1) is 12.7 Å². The van der Waals surface area contributed by atoms with Crippen LogP contribution in [0.5, 0.6) is 0 Å². The molecule has 0 unspecified atom stereocenters. The zero-order valence-electron chi connectivity index (χ0n) is 11.9. The summed E-state index contributed by atoms with van der Waals surface area (Å²) in [6.07, 6.45) is 0. The van der Waals surface area contributed by atoms with Crippen LogP contribution >= 0.6 is 0 Å². The molecule has 2 aromatic rings. The van der Waals surface area contributed by atoms with Crippen molar-refractivity contribution in [3.8, 4) is 0 Å². The van der Waals surface area contributed by atoms with Crippen molar-refractivity contribution in [3.05, 3.63) is 41.3 Å². The number of nitrogens with zero attached hydrogens (tertiary/aromatic N) is 1. The van der Waals surface area contributed by atoms with Crippen molar-refractivity contribution < 1.29 is 22.3 Å². The van der Waals surface area contributed by atoms with Gasteiger partial charge in [-0.25, -0.2) is 9.18 Å². The third-order valence-corrected chi connectivity index (χ3v) is 4.05. The maximum atomic E-state index is 13.2. The van der Waals surface area contributed by atoms with Gasteiger partial charge in [-0.1, -0.05) is 6.07 Å². The number of carbonyl (C=O) groups is 1. The molecule has 1 aromatic heterocycles. The molecule has 2 N–H and O–H groups in total. The highest BCUT2D eigenvalue weighted by Gasteiger charge is 2.21. The van der Waals surface area contributed by atoms with Crippen molar-refractivity contribution in [1.82, 2.24) is 10.2 Å². The van der Waals surface area contributed by atoms with Crippen LogP contribution in [-0.4, -0.2) is 31.2 Å². The Morgan fingerprint density at radius 1 is 1.41 bits per heavy atom. The molecule has 118 valence electrons. The molecule has 1 heterocycles. The van der Waals surface area contributed by atoms with Gasteiger partial charge in [-0.3, -0.25) is 9.82 Å². The zero-order chi connectivity index (χ0) is 16.3. The Labute approximate surface area is 126 Å². The molecular formula is C13H14FN3O4S. The summed E-state index contributed by atoms with van der Waals surface area (Å²) in [5.41, 5.74) is 0.501. The van der Waals surface area contributed by atoms with E-state index in [1.165, 1.54) is 12.1 Å². The Hall–Kier alpha value is -2.42. The molecule has 0 radical (unpaired) electrons. The molecule has 2 rings (SSSR count). The molecule has 0 bridgehead atoms. The highest BCUT2D eigenvalue weighted by atomic mass is 32.2. The van der Waals surface area contributed by atoms with E-state index < -0.39 is 21.8 Å². The number of hydrogen-bond donors (Lipinski definition) is 2. The molecule has 0 aliphatic heterocycles. The van der Waals surface area contributed by atoms with Crippen molar-refractivity contribution in [2.75, 3.05) is 11.3 Å². The number of ether oxygens (including phenoxy) is 1. The van der Waals surface area contributed by atoms with Crippen molar-refractivity contribution in [1.29, 1.82) is 0 Å². The van der Waals surface area contributed by atoms with Crippen molar-refractivity contribution in [3.63, 3.8) is 0 Å². The Bertz CT molecular complexity index is 801. The number of rotatable bonds is 5. The third kappa shape index (κ3) is 3.42. The van der Waals surface area contributed by atoms with E-state index in [0.29, 0.717) is 5.56 Å². The van der Waals surface area contributed by atoms with Gasteiger partial charge in [0.1, 0.15) is 5.82 Å². The van der Waals surface area contributed by atoms with Gasteiger partial charge in [0.15, 0.2) is 10.7 Å². The van der Waals surface area contributed by atoms with E-state index in [1.54, 1.807) is 13.8 Å². The summed E-state index contributed by atoms with van der Waals surface area (Å²) in [4.78, 5) is 11.5. The first-order valence-corrected chi connectivity index (χ1v) is 7.83. The van der Waals surface area contributed by atoms with Crippen LogP contribution in [0.3, 0.4) is 0 Å². The third-order valence-electron chi connectivity index (χ3n) is 2.77. The Kier molecular flexibility index (Phi) is 4.45. The molecule has 22 heavy (non-hydrogen) atoms. The molecule has 9 heteroatoms.